The normalized spacial score (nSPS) is 18.1. The molecule has 0 N–H and O–H groups in total. The molecule has 0 saturated heterocycles. The van der Waals surface area contributed by atoms with Crippen molar-refractivity contribution < 1.29 is 9.30 Å². The topological polar surface area (TPSA) is 13.1 Å². The van der Waals surface area contributed by atoms with Crippen molar-refractivity contribution in [2.45, 2.75) is 64.5 Å². The summed E-state index contributed by atoms with van der Waals surface area (Å²) in [6, 6.07) is 6.21. The van der Waals surface area contributed by atoms with Gasteiger partial charge >= 0.3 is 5.88 Å². The Morgan fingerprint density at radius 3 is 2.47 bits per heavy atom. The second-order valence-corrected chi connectivity index (χ2v) is 5.96. The van der Waals surface area contributed by atoms with Gasteiger partial charge in [-0.15, -0.1) is 0 Å². The largest absolute Gasteiger partial charge is 0.441 e. The number of ether oxygens (including phenoxy) is 1. The van der Waals surface area contributed by atoms with Crippen LogP contribution in [0.25, 0.3) is 0 Å². The summed E-state index contributed by atoms with van der Waals surface area (Å²) in [4.78, 5) is 0. The molecule has 17 heavy (non-hydrogen) atoms. The Bertz CT molecular complexity index is 361. The van der Waals surface area contributed by atoms with Crippen LogP contribution in [0, 0.1) is 0 Å². The van der Waals surface area contributed by atoms with Gasteiger partial charge in [0.15, 0.2) is 11.7 Å². The van der Waals surface area contributed by atoms with Crippen LogP contribution in [0.1, 0.15) is 52.9 Å². The number of rotatable bonds is 2. The van der Waals surface area contributed by atoms with E-state index in [0.717, 1.165) is 5.88 Å². The molecule has 0 radical (unpaired) electrons. The summed E-state index contributed by atoms with van der Waals surface area (Å²) in [6.07, 6.45) is 8.93. The van der Waals surface area contributed by atoms with Crippen LogP contribution in [-0.2, 0) is 5.54 Å². The molecular formula is C15H24NO+. The maximum Gasteiger partial charge on any atom is 0.368 e. The van der Waals surface area contributed by atoms with Crippen LogP contribution in [0.5, 0.6) is 5.88 Å². The maximum atomic E-state index is 6.18. The number of pyridine rings is 1. The second kappa shape index (κ2) is 5.07. The Labute approximate surface area is 105 Å². The lowest BCUT2D eigenvalue weighted by molar-refractivity contribution is -0.758. The van der Waals surface area contributed by atoms with E-state index in [2.05, 4.69) is 49.7 Å². The van der Waals surface area contributed by atoms with Crippen LogP contribution in [0.3, 0.4) is 0 Å². The molecule has 0 bridgehead atoms. The van der Waals surface area contributed by atoms with Gasteiger partial charge in [-0.2, -0.15) is 4.57 Å². The van der Waals surface area contributed by atoms with E-state index < -0.39 is 0 Å². The van der Waals surface area contributed by atoms with Gasteiger partial charge in [0.1, 0.15) is 6.10 Å². The average molecular weight is 234 g/mol. The third-order valence-electron chi connectivity index (χ3n) is 3.38. The van der Waals surface area contributed by atoms with Crippen LogP contribution < -0.4 is 9.30 Å². The molecule has 1 aliphatic rings. The molecule has 1 aromatic heterocycles. The fourth-order valence-corrected chi connectivity index (χ4v) is 2.43. The molecule has 0 unspecified atom stereocenters. The number of hydrogen-bond donors (Lipinski definition) is 0. The molecule has 0 amide bonds. The molecular weight excluding hydrogens is 210 g/mol. The third-order valence-corrected chi connectivity index (χ3v) is 3.38. The molecule has 0 atom stereocenters. The van der Waals surface area contributed by atoms with E-state index in [1.165, 1.54) is 32.1 Å². The summed E-state index contributed by atoms with van der Waals surface area (Å²) in [5.74, 6) is 1.01. The maximum absolute atomic E-state index is 6.18. The highest BCUT2D eigenvalue weighted by molar-refractivity contribution is 5.04. The number of aromatic nitrogens is 1. The molecule has 1 aromatic rings. The van der Waals surface area contributed by atoms with Gasteiger partial charge in [0.25, 0.3) is 0 Å². The minimum absolute atomic E-state index is 0.0747. The van der Waals surface area contributed by atoms with Gasteiger partial charge in [-0.25, -0.2) is 0 Å². The van der Waals surface area contributed by atoms with Gasteiger partial charge in [0.05, 0.1) is 6.07 Å². The average Bonchev–Trinajstić information content (AvgIpc) is 2.30. The highest BCUT2D eigenvalue weighted by atomic mass is 16.5. The van der Waals surface area contributed by atoms with Crippen molar-refractivity contribution in [1.29, 1.82) is 0 Å². The van der Waals surface area contributed by atoms with Crippen molar-refractivity contribution in [3.63, 3.8) is 0 Å². The van der Waals surface area contributed by atoms with Crippen LogP contribution >= 0.6 is 0 Å². The molecule has 1 heterocycles. The van der Waals surface area contributed by atoms with Crippen molar-refractivity contribution in [2.24, 2.45) is 0 Å². The van der Waals surface area contributed by atoms with Crippen molar-refractivity contribution >= 4 is 0 Å². The van der Waals surface area contributed by atoms with Crippen molar-refractivity contribution in [3.8, 4) is 5.88 Å². The quantitative estimate of drug-likeness (QED) is 0.714. The smallest absolute Gasteiger partial charge is 0.368 e. The van der Waals surface area contributed by atoms with Gasteiger partial charge in [-0.3, -0.25) is 0 Å². The fourth-order valence-electron chi connectivity index (χ4n) is 2.43. The van der Waals surface area contributed by atoms with Gasteiger partial charge in [0.2, 0.25) is 0 Å². The Kier molecular flexibility index (Phi) is 3.70. The van der Waals surface area contributed by atoms with E-state index in [1.807, 2.05) is 0 Å². The fraction of sp³-hybridized carbons (Fsp3) is 0.667. The van der Waals surface area contributed by atoms with Crippen LogP contribution in [-0.4, -0.2) is 6.10 Å². The minimum atomic E-state index is 0.0747. The standard InChI is InChI=1S/C15H24NO/c1-15(2,3)16-12-8-7-11-14(16)17-13-9-5-4-6-10-13/h7-8,11-13H,4-6,9-10H2,1-3H3/q+1. The first-order valence-corrected chi connectivity index (χ1v) is 6.75. The van der Waals surface area contributed by atoms with E-state index in [0.29, 0.717) is 6.10 Å². The summed E-state index contributed by atoms with van der Waals surface area (Å²) < 4.78 is 8.40. The van der Waals surface area contributed by atoms with E-state index in [1.54, 1.807) is 0 Å². The summed E-state index contributed by atoms with van der Waals surface area (Å²) in [6.45, 7) is 6.63. The molecule has 0 aromatic carbocycles. The first kappa shape index (κ1) is 12.4. The lowest BCUT2D eigenvalue weighted by Crippen LogP contribution is -2.51. The summed E-state index contributed by atoms with van der Waals surface area (Å²) in [5, 5.41) is 0. The van der Waals surface area contributed by atoms with Crippen LogP contribution in [0.15, 0.2) is 24.4 Å². The molecule has 94 valence electrons. The van der Waals surface area contributed by atoms with Gasteiger partial charge in [-0.1, -0.05) is 6.42 Å². The molecule has 0 spiro atoms. The zero-order chi connectivity index (χ0) is 12.3. The molecule has 2 heteroatoms. The Balaban J connectivity index is 2.14. The molecule has 1 aliphatic carbocycles. The highest BCUT2D eigenvalue weighted by Crippen LogP contribution is 2.22. The van der Waals surface area contributed by atoms with Crippen molar-refractivity contribution in [3.05, 3.63) is 24.4 Å². The lowest BCUT2D eigenvalue weighted by atomic mass is 9.98. The minimum Gasteiger partial charge on any atom is -0.441 e. The van der Waals surface area contributed by atoms with E-state index in [9.17, 15) is 0 Å². The van der Waals surface area contributed by atoms with Crippen LogP contribution in [0.4, 0.5) is 0 Å². The van der Waals surface area contributed by atoms with E-state index in [-0.39, 0.29) is 5.54 Å². The molecule has 2 nitrogen and oxygen atoms in total. The monoisotopic (exact) mass is 234 g/mol. The SMILES string of the molecule is CC(C)(C)[n+]1ccccc1OC1CCCCC1. The number of nitrogens with zero attached hydrogens (tertiary/aromatic N) is 1. The predicted molar refractivity (Wildman–Crippen MR) is 69.1 cm³/mol. The zero-order valence-corrected chi connectivity index (χ0v) is 11.3. The molecule has 1 fully saturated rings. The molecule has 0 aliphatic heterocycles. The molecule has 2 rings (SSSR count). The van der Waals surface area contributed by atoms with Gasteiger partial charge in [0, 0.05) is 26.8 Å². The highest BCUT2D eigenvalue weighted by Gasteiger charge is 2.28. The zero-order valence-electron chi connectivity index (χ0n) is 11.3. The van der Waals surface area contributed by atoms with Crippen molar-refractivity contribution in [2.75, 3.05) is 0 Å². The lowest BCUT2D eigenvalue weighted by Gasteiger charge is -2.23. The Morgan fingerprint density at radius 1 is 1.12 bits per heavy atom. The van der Waals surface area contributed by atoms with E-state index in [4.69, 9.17) is 4.74 Å². The first-order valence-electron chi connectivity index (χ1n) is 6.75. The summed E-state index contributed by atoms with van der Waals surface area (Å²) in [7, 11) is 0. The Morgan fingerprint density at radius 2 is 1.82 bits per heavy atom. The predicted octanol–water partition coefficient (Wildman–Crippen LogP) is 3.44. The molecule has 1 saturated carbocycles. The second-order valence-electron chi connectivity index (χ2n) is 5.96. The van der Waals surface area contributed by atoms with Crippen LogP contribution in [0.2, 0.25) is 0 Å². The summed E-state index contributed by atoms with van der Waals surface area (Å²) >= 11 is 0. The van der Waals surface area contributed by atoms with Gasteiger partial charge < -0.3 is 4.74 Å². The van der Waals surface area contributed by atoms with Gasteiger partial charge in [-0.05, 0) is 31.7 Å². The van der Waals surface area contributed by atoms with Crippen molar-refractivity contribution in [1.82, 2.24) is 0 Å². The third kappa shape index (κ3) is 3.21. The number of hydrogen-bond acceptors (Lipinski definition) is 1. The first-order chi connectivity index (χ1) is 8.07. The Hall–Kier alpha value is -1.05. The summed E-state index contributed by atoms with van der Waals surface area (Å²) in [5.41, 5.74) is 0.0747. The van der Waals surface area contributed by atoms with E-state index >= 15 is 0 Å².